The summed E-state index contributed by atoms with van der Waals surface area (Å²) in [6.07, 6.45) is 5.98. The van der Waals surface area contributed by atoms with Gasteiger partial charge in [0, 0.05) is 13.5 Å². The van der Waals surface area contributed by atoms with E-state index in [-0.39, 0.29) is 17.9 Å². The smallest absolute Gasteiger partial charge is 0.237 e. The molecule has 1 fully saturated rings. The molecule has 0 aromatic heterocycles. The zero-order valence-electron chi connectivity index (χ0n) is 10.6. The molecule has 5 nitrogen and oxygen atoms in total. The molecule has 1 rings (SSSR count). The first-order valence-electron chi connectivity index (χ1n) is 6.21. The van der Waals surface area contributed by atoms with E-state index in [0.717, 1.165) is 25.7 Å². The van der Waals surface area contributed by atoms with Crippen LogP contribution in [0.15, 0.2) is 0 Å². The van der Waals surface area contributed by atoms with Crippen LogP contribution in [-0.4, -0.2) is 36.9 Å². The maximum atomic E-state index is 12.0. The van der Waals surface area contributed by atoms with Crippen molar-refractivity contribution in [2.45, 2.75) is 38.5 Å². The quantitative estimate of drug-likeness (QED) is 0.722. The van der Waals surface area contributed by atoms with Crippen LogP contribution in [0.5, 0.6) is 0 Å². The third-order valence-corrected chi connectivity index (χ3v) is 3.69. The first-order valence-corrected chi connectivity index (χ1v) is 6.21. The van der Waals surface area contributed by atoms with Gasteiger partial charge < -0.3 is 16.4 Å². The topological polar surface area (TPSA) is 89.4 Å². The molecule has 98 valence electrons. The summed E-state index contributed by atoms with van der Waals surface area (Å²) in [5, 5.41) is 0. The first kappa shape index (κ1) is 14.0. The number of likely N-dealkylation sites (N-methyl/N-ethyl adjacent to an activating group) is 1. The molecular formula is C12H23N3O2. The molecule has 1 saturated carbocycles. The minimum absolute atomic E-state index is 0.0144. The van der Waals surface area contributed by atoms with Crippen molar-refractivity contribution in [3.63, 3.8) is 0 Å². The lowest BCUT2D eigenvalue weighted by molar-refractivity contribution is -0.136. The largest absolute Gasteiger partial charge is 0.368 e. The molecule has 0 bridgehead atoms. The number of hydrogen-bond donors (Lipinski definition) is 2. The van der Waals surface area contributed by atoms with Crippen LogP contribution in [-0.2, 0) is 9.59 Å². The minimum atomic E-state index is -0.480. The number of primary amides is 1. The van der Waals surface area contributed by atoms with Gasteiger partial charge in [0.25, 0.3) is 0 Å². The highest BCUT2D eigenvalue weighted by Crippen LogP contribution is 2.38. The van der Waals surface area contributed by atoms with Gasteiger partial charge >= 0.3 is 0 Å². The monoisotopic (exact) mass is 241 g/mol. The Kier molecular flexibility index (Phi) is 4.93. The fourth-order valence-corrected chi connectivity index (χ4v) is 2.53. The number of hydrogen-bond acceptors (Lipinski definition) is 3. The first-order chi connectivity index (χ1) is 7.99. The van der Waals surface area contributed by atoms with Crippen molar-refractivity contribution in [2.24, 2.45) is 16.9 Å². The molecule has 0 aliphatic heterocycles. The summed E-state index contributed by atoms with van der Waals surface area (Å²) in [6, 6.07) is 0. The number of rotatable bonds is 5. The Balaban J connectivity index is 2.55. The number of nitrogens with zero attached hydrogens (tertiary/aromatic N) is 1. The fraction of sp³-hybridized carbons (Fsp3) is 0.833. The molecule has 2 amide bonds. The van der Waals surface area contributed by atoms with Gasteiger partial charge in [0.2, 0.25) is 11.8 Å². The van der Waals surface area contributed by atoms with Crippen molar-refractivity contribution in [2.75, 3.05) is 20.1 Å². The van der Waals surface area contributed by atoms with Crippen molar-refractivity contribution in [1.82, 2.24) is 4.90 Å². The summed E-state index contributed by atoms with van der Waals surface area (Å²) in [5.74, 6) is -0.512. The Hall–Kier alpha value is -1.10. The van der Waals surface area contributed by atoms with Crippen LogP contribution in [0.4, 0.5) is 0 Å². The van der Waals surface area contributed by atoms with E-state index in [0.29, 0.717) is 13.0 Å². The van der Waals surface area contributed by atoms with Crippen LogP contribution in [0, 0.1) is 5.41 Å². The van der Waals surface area contributed by atoms with E-state index >= 15 is 0 Å². The predicted octanol–water partition coefficient (Wildman–Crippen LogP) is 0.229. The highest BCUT2D eigenvalue weighted by Gasteiger charge is 2.33. The molecule has 0 saturated heterocycles. The van der Waals surface area contributed by atoms with Gasteiger partial charge in [-0.3, -0.25) is 9.59 Å². The van der Waals surface area contributed by atoms with Crippen molar-refractivity contribution in [1.29, 1.82) is 0 Å². The van der Waals surface area contributed by atoms with Crippen LogP contribution < -0.4 is 11.5 Å². The predicted molar refractivity (Wildman–Crippen MR) is 66.0 cm³/mol. The molecule has 0 aromatic rings. The Morgan fingerprint density at radius 3 is 2.29 bits per heavy atom. The van der Waals surface area contributed by atoms with Gasteiger partial charge in [0.1, 0.15) is 0 Å². The zero-order chi connectivity index (χ0) is 12.9. The molecular weight excluding hydrogens is 218 g/mol. The normalized spacial score (nSPS) is 18.7. The van der Waals surface area contributed by atoms with Crippen molar-refractivity contribution < 1.29 is 9.59 Å². The fourth-order valence-electron chi connectivity index (χ4n) is 2.53. The lowest BCUT2D eigenvalue weighted by Gasteiger charge is -2.36. The summed E-state index contributed by atoms with van der Waals surface area (Å²) in [5.41, 5.74) is 10.8. The second kappa shape index (κ2) is 6.00. The maximum Gasteiger partial charge on any atom is 0.237 e. The average molecular weight is 241 g/mol. The molecule has 4 N–H and O–H groups in total. The van der Waals surface area contributed by atoms with E-state index in [1.54, 1.807) is 7.05 Å². The standard InChI is InChI=1S/C12H23N3O2/c1-15(8-10(14)16)11(17)7-12(9-13)5-3-2-4-6-12/h2-9,13H2,1H3,(H2,14,16). The highest BCUT2D eigenvalue weighted by atomic mass is 16.2. The van der Waals surface area contributed by atoms with Crippen molar-refractivity contribution in [3.8, 4) is 0 Å². The van der Waals surface area contributed by atoms with Gasteiger partial charge in [-0.05, 0) is 24.8 Å². The van der Waals surface area contributed by atoms with Crippen LogP contribution >= 0.6 is 0 Å². The zero-order valence-corrected chi connectivity index (χ0v) is 10.6. The van der Waals surface area contributed by atoms with Crippen LogP contribution in [0.2, 0.25) is 0 Å². The Morgan fingerprint density at radius 2 is 1.82 bits per heavy atom. The summed E-state index contributed by atoms with van der Waals surface area (Å²) in [7, 11) is 1.61. The average Bonchev–Trinajstić information content (AvgIpc) is 2.29. The van der Waals surface area contributed by atoms with E-state index in [2.05, 4.69) is 0 Å². The highest BCUT2D eigenvalue weighted by molar-refractivity contribution is 5.83. The van der Waals surface area contributed by atoms with Gasteiger partial charge in [0.05, 0.1) is 6.54 Å². The summed E-state index contributed by atoms with van der Waals surface area (Å²) in [6.45, 7) is 0.530. The van der Waals surface area contributed by atoms with Gasteiger partial charge in [0.15, 0.2) is 0 Å². The molecule has 0 aromatic carbocycles. The Bertz CT molecular complexity index is 285. The van der Waals surface area contributed by atoms with Crippen molar-refractivity contribution >= 4 is 11.8 Å². The minimum Gasteiger partial charge on any atom is -0.368 e. The molecule has 0 radical (unpaired) electrons. The van der Waals surface area contributed by atoms with E-state index < -0.39 is 5.91 Å². The van der Waals surface area contributed by atoms with Gasteiger partial charge in [-0.15, -0.1) is 0 Å². The second-order valence-electron chi connectivity index (χ2n) is 5.16. The molecule has 1 aliphatic carbocycles. The number of amides is 2. The van der Waals surface area contributed by atoms with E-state index in [1.165, 1.54) is 11.3 Å². The van der Waals surface area contributed by atoms with Crippen LogP contribution in [0.3, 0.4) is 0 Å². The molecule has 0 spiro atoms. The molecule has 0 unspecified atom stereocenters. The van der Waals surface area contributed by atoms with E-state index in [9.17, 15) is 9.59 Å². The lowest BCUT2D eigenvalue weighted by atomic mass is 9.71. The number of carbonyl (C=O) groups excluding carboxylic acids is 2. The van der Waals surface area contributed by atoms with E-state index in [1.807, 2.05) is 0 Å². The second-order valence-corrected chi connectivity index (χ2v) is 5.16. The third-order valence-electron chi connectivity index (χ3n) is 3.69. The van der Waals surface area contributed by atoms with Gasteiger partial charge in [-0.25, -0.2) is 0 Å². The Morgan fingerprint density at radius 1 is 1.24 bits per heavy atom. The summed E-state index contributed by atoms with van der Waals surface area (Å²) >= 11 is 0. The Labute approximate surface area is 103 Å². The lowest BCUT2D eigenvalue weighted by Crippen LogP contribution is -2.41. The number of nitrogens with two attached hydrogens (primary N) is 2. The summed E-state index contributed by atoms with van der Waals surface area (Å²) < 4.78 is 0. The third kappa shape index (κ3) is 4.00. The molecule has 17 heavy (non-hydrogen) atoms. The molecule has 5 heteroatoms. The molecule has 0 atom stereocenters. The van der Waals surface area contributed by atoms with Gasteiger partial charge in [-0.1, -0.05) is 19.3 Å². The van der Waals surface area contributed by atoms with Gasteiger partial charge in [-0.2, -0.15) is 0 Å². The summed E-state index contributed by atoms with van der Waals surface area (Å²) in [4.78, 5) is 24.1. The van der Waals surface area contributed by atoms with Crippen LogP contribution in [0.1, 0.15) is 38.5 Å². The maximum absolute atomic E-state index is 12.0. The molecule has 1 aliphatic rings. The van der Waals surface area contributed by atoms with E-state index in [4.69, 9.17) is 11.5 Å². The van der Waals surface area contributed by atoms with Crippen molar-refractivity contribution in [3.05, 3.63) is 0 Å². The van der Waals surface area contributed by atoms with Crippen LogP contribution in [0.25, 0.3) is 0 Å². The molecule has 0 heterocycles. The number of carbonyl (C=O) groups is 2. The SMILES string of the molecule is CN(CC(N)=O)C(=O)CC1(CN)CCCCC1.